The molecule has 2 N–H and O–H groups in total. The minimum atomic E-state index is -0.782. The van der Waals surface area contributed by atoms with Crippen LogP contribution >= 0.6 is 11.6 Å². The summed E-state index contributed by atoms with van der Waals surface area (Å²) in [6.45, 7) is 0. The van der Waals surface area contributed by atoms with Gasteiger partial charge < -0.3 is 10.5 Å². The normalized spacial score (nSPS) is 11.6. The summed E-state index contributed by atoms with van der Waals surface area (Å²) in [4.78, 5) is 11.1. The number of benzene rings is 1. The minimum Gasteiger partial charge on any atom is -0.468 e. The minimum absolute atomic E-state index is 0.232. The SMILES string of the molecule is COC(=O)[C@H](N)Cc1cc(Cl)ccc1C#N. The molecule has 0 aliphatic heterocycles. The molecule has 0 radical (unpaired) electrons. The van der Waals surface area contributed by atoms with E-state index in [1.807, 2.05) is 6.07 Å². The lowest BCUT2D eigenvalue weighted by molar-refractivity contribution is -0.142. The molecule has 0 amide bonds. The van der Waals surface area contributed by atoms with Crippen LogP contribution in [0.1, 0.15) is 11.1 Å². The van der Waals surface area contributed by atoms with Crippen molar-refractivity contribution in [3.05, 3.63) is 34.3 Å². The molecule has 1 aromatic rings. The van der Waals surface area contributed by atoms with Gasteiger partial charge in [-0.3, -0.25) is 4.79 Å². The monoisotopic (exact) mass is 238 g/mol. The van der Waals surface area contributed by atoms with Crippen LogP contribution in [0.5, 0.6) is 0 Å². The first-order chi connectivity index (χ1) is 7.58. The lowest BCUT2D eigenvalue weighted by Gasteiger charge is -2.10. The maximum absolute atomic E-state index is 11.1. The van der Waals surface area contributed by atoms with E-state index in [0.29, 0.717) is 16.1 Å². The average Bonchev–Trinajstić information content (AvgIpc) is 2.28. The number of methoxy groups -OCH3 is 1. The van der Waals surface area contributed by atoms with Crippen LogP contribution in [-0.2, 0) is 16.0 Å². The Kier molecular flexibility index (Phi) is 4.29. The standard InChI is InChI=1S/C11H11ClN2O2/c1-16-11(15)10(14)5-8-4-9(12)3-2-7(8)6-13/h2-4,10H,5,14H2,1H3/t10-/m1/s1. The number of carbonyl (C=O) groups excluding carboxylic acids is 1. The molecule has 0 aliphatic carbocycles. The van der Waals surface area contributed by atoms with Gasteiger partial charge in [-0.05, 0) is 30.2 Å². The lowest BCUT2D eigenvalue weighted by Crippen LogP contribution is -2.33. The van der Waals surface area contributed by atoms with E-state index in [9.17, 15) is 4.79 Å². The molecule has 0 aliphatic rings. The summed E-state index contributed by atoms with van der Waals surface area (Å²) in [7, 11) is 1.27. The van der Waals surface area contributed by atoms with Gasteiger partial charge >= 0.3 is 5.97 Å². The van der Waals surface area contributed by atoms with Gasteiger partial charge in [0.1, 0.15) is 6.04 Å². The number of hydrogen-bond donors (Lipinski definition) is 1. The van der Waals surface area contributed by atoms with Crippen LogP contribution in [0.4, 0.5) is 0 Å². The maximum Gasteiger partial charge on any atom is 0.322 e. The number of nitrogens with two attached hydrogens (primary N) is 1. The van der Waals surface area contributed by atoms with Crippen molar-refractivity contribution in [1.29, 1.82) is 5.26 Å². The first-order valence-electron chi connectivity index (χ1n) is 4.60. The second-order valence-corrected chi connectivity index (χ2v) is 3.68. The van der Waals surface area contributed by atoms with Gasteiger partial charge in [0.2, 0.25) is 0 Å². The number of esters is 1. The lowest BCUT2D eigenvalue weighted by atomic mass is 10.0. The van der Waals surface area contributed by atoms with Crippen molar-refractivity contribution in [2.75, 3.05) is 7.11 Å². The zero-order valence-electron chi connectivity index (χ0n) is 8.74. The zero-order valence-corrected chi connectivity index (χ0v) is 9.49. The summed E-state index contributed by atoms with van der Waals surface area (Å²) in [5.41, 5.74) is 6.71. The van der Waals surface area contributed by atoms with Crippen molar-refractivity contribution in [2.45, 2.75) is 12.5 Å². The molecule has 4 nitrogen and oxygen atoms in total. The zero-order chi connectivity index (χ0) is 12.1. The molecule has 0 bridgehead atoms. The van der Waals surface area contributed by atoms with Gasteiger partial charge in [0.25, 0.3) is 0 Å². The Balaban J connectivity index is 2.92. The maximum atomic E-state index is 11.1. The molecule has 1 atom stereocenters. The van der Waals surface area contributed by atoms with Crippen molar-refractivity contribution >= 4 is 17.6 Å². The van der Waals surface area contributed by atoms with Gasteiger partial charge in [0.15, 0.2) is 0 Å². The van der Waals surface area contributed by atoms with Crippen LogP contribution in [0.3, 0.4) is 0 Å². The number of hydrogen-bond acceptors (Lipinski definition) is 4. The Bertz CT molecular complexity index is 440. The molecular weight excluding hydrogens is 228 g/mol. The van der Waals surface area contributed by atoms with E-state index in [1.165, 1.54) is 7.11 Å². The Morgan fingerprint density at radius 2 is 2.38 bits per heavy atom. The van der Waals surface area contributed by atoms with Crippen LogP contribution < -0.4 is 5.73 Å². The molecule has 1 rings (SSSR count). The van der Waals surface area contributed by atoms with Gasteiger partial charge in [0, 0.05) is 5.02 Å². The first-order valence-corrected chi connectivity index (χ1v) is 4.98. The highest BCUT2D eigenvalue weighted by molar-refractivity contribution is 6.30. The van der Waals surface area contributed by atoms with Crippen LogP contribution in [-0.4, -0.2) is 19.1 Å². The van der Waals surface area contributed by atoms with Gasteiger partial charge in [-0.2, -0.15) is 5.26 Å². The fourth-order valence-electron chi connectivity index (χ4n) is 1.31. The molecule has 16 heavy (non-hydrogen) atoms. The van der Waals surface area contributed by atoms with Gasteiger partial charge in [-0.15, -0.1) is 0 Å². The molecule has 0 saturated carbocycles. The molecule has 0 spiro atoms. The summed E-state index contributed by atoms with van der Waals surface area (Å²) >= 11 is 5.80. The predicted molar refractivity (Wildman–Crippen MR) is 59.9 cm³/mol. The van der Waals surface area contributed by atoms with Gasteiger partial charge in [-0.25, -0.2) is 0 Å². The fourth-order valence-corrected chi connectivity index (χ4v) is 1.51. The molecule has 5 heteroatoms. The molecule has 0 aromatic heterocycles. The molecule has 0 fully saturated rings. The van der Waals surface area contributed by atoms with Gasteiger partial charge in [0.05, 0.1) is 18.7 Å². The molecule has 0 heterocycles. The molecule has 0 saturated heterocycles. The second-order valence-electron chi connectivity index (χ2n) is 3.25. The molecule has 0 unspecified atom stereocenters. The summed E-state index contributed by atoms with van der Waals surface area (Å²) in [6.07, 6.45) is 0.232. The number of carbonyl (C=O) groups is 1. The molecule has 1 aromatic carbocycles. The third kappa shape index (κ3) is 2.96. The Morgan fingerprint density at radius 3 is 2.94 bits per heavy atom. The van der Waals surface area contributed by atoms with Crippen LogP contribution in [0.15, 0.2) is 18.2 Å². The Labute approximate surface area is 98.6 Å². The quantitative estimate of drug-likeness (QED) is 0.805. The second kappa shape index (κ2) is 5.50. The largest absolute Gasteiger partial charge is 0.468 e. The number of nitrogens with zero attached hydrogens (tertiary/aromatic N) is 1. The topological polar surface area (TPSA) is 76.1 Å². The van der Waals surface area contributed by atoms with Crippen molar-refractivity contribution in [3.63, 3.8) is 0 Å². The highest BCUT2D eigenvalue weighted by atomic mass is 35.5. The van der Waals surface area contributed by atoms with Gasteiger partial charge in [-0.1, -0.05) is 11.6 Å². The van der Waals surface area contributed by atoms with Crippen LogP contribution in [0.2, 0.25) is 5.02 Å². The van der Waals surface area contributed by atoms with Crippen molar-refractivity contribution < 1.29 is 9.53 Å². The van der Waals surface area contributed by atoms with Crippen LogP contribution in [0, 0.1) is 11.3 Å². The van der Waals surface area contributed by atoms with Crippen molar-refractivity contribution in [3.8, 4) is 6.07 Å². The number of ether oxygens (including phenoxy) is 1. The van der Waals surface area contributed by atoms with E-state index < -0.39 is 12.0 Å². The van der Waals surface area contributed by atoms with Crippen molar-refractivity contribution in [2.24, 2.45) is 5.73 Å². The summed E-state index contributed by atoms with van der Waals surface area (Å²) in [6, 6.07) is 6.08. The fraction of sp³-hybridized carbons (Fsp3) is 0.273. The number of nitriles is 1. The predicted octanol–water partition coefficient (Wildman–Crippen LogP) is 1.25. The third-order valence-electron chi connectivity index (χ3n) is 2.13. The smallest absolute Gasteiger partial charge is 0.322 e. The van der Waals surface area contributed by atoms with E-state index in [2.05, 4.69) is 4.74 Å². The van der Waals surface area contributed by atoms with E-state index in [1.54, 1.807) is 18.2 Å². The van der Waals surface area contributed by atoms with E-state index in [4.69, 9.17) is 22.6 Å². The highest BCUT2D eigenvalue weighted by Gasteiger charge is 2.16. The Morgan fingerprint density at radius 1 is 1.69 bits per heavy atom. The first kappa shape index (κ1) is 12.5. The Hall–Kier alpha value is -1.57. The number of halogens is 1. The highest BCUT2D eigenvalue weighted by Crippen LogP contribution is 2.17. The summed E-state index contributed by atoms with van der Waals surface area (Å²) < 4.78 is 4.51. The number of rotatable bonds is 3. The molecular formula is C11H11ClN2O2. The van der Waals surface area contributed by atoms with Crippen molar-refractivity contribution in [1.82, 2.24) is 0 Å². The van der Waals surface area contributed by atoms with E-state index in [-0.39, 0.29) is 6.42 Å². The average molecular weight is 239 g/mol. The summed E-state index contributed by atoms with van der Waals surface area (Å²) in [5, 5.41) is 9.37. The third-order valence-corrected chi connectivity index (χ3v) is 2.37. The summed E-state index contributed by atoms with van der Waals surface area (Å²) in [5.74, 6) is -0.510. The van der Waals surface area contributed by atoms with E-state index in [0.717, 1.165) is 0 Å². The van der Waals surface area contributed by atoms with E-state index >= 15 is 0 Å². The van der Waals surface area contributed by atoms with Crippen LogP contribution in [0.25, 0.3) is 0 Å². The molecule has 84 valence electrons.